The van der Waals surface area contributed by atoms with Crippen LogP contribution in [-0.2, 0) is 0 Å². The van der Waals surface area contributed by atoms with E-state index in [1.165, 1.54) is 0 Å². The zero-order chi connectivity index (χ0) is 4.99. The van der Waals surface area contributed by atoms with Gasteiger partial charge in [-0.1, -0.05) is 6.92 Å². The van der Waals surface area contributed by atoms with E-state index >= 15 is 0 Å². The fourth-order valence-electron chi connectivity index (χ4n) is 0.0913. The van der Waals surface area contributed by atoms with E-state index in [9.17, 15) is 0 Å². The molecule has 7 heavy (non-hydrogen) atoms. The van der Waals surface area contributed by atoms with E-state index in [0.717, 1.165) is 6.42 Å². The normalized spacial score (nSPS) is 11.0. The monoisotopic (exact) mass is 106 g/mol. The summed E-state index contributed by atoms with van der Waals surface area (Å²) in [7, 11) is 0. The summed E-state index contributed by atoms with van der Waals surface area (Å²) in [6, 6.07) is 2.11. The van der Waals surface area contributed by atoms with Gasteiger partial charge < -0.3 is 0 Å². The van der Waals surface area contributed by atoms with Gasteiger partial charge in [-0.05, 0) is 13.3 Å². The van der Waals surface area contributed by atoms with Crippen LogP contribution in [0, 0.1) is 17.2 Å². The molecule has 0 saturated heterocycles. The smallest absolute Gasteiger partial charge is 0.0652 e. The Morgan fingerprint density at radius 1 is 1.71 bits per heavy atom. The minimum absolute atomic E-state index is 0. The van der Waals surface area contributed by atoms with Gasteiger partial charge in [0.25, 0.3) is 0 Å². The molecule has 0 bridgehead atoms. The molecule has 0 rings (SSSR count). The third-order valence-corrected chi connectivity index (χ3v) is 0.833. The first-order valence-electron chi connectivity index (χ1n) is 2.20. The molecule has 1 nitrogen and oxygen atoms in total. The molecule has 0 aromatic heterocycles. The molecule has 2 heteroatoms. The van der Waals surface area contributed by atoms with Crippen LogP contribution in [0.25, 0.3) is 0 Å². The Hall–Kier alpha value is 0.490. The number of nitriles is 1. The largest absolute Gasteiger partial charge is 0.198 e. The van der Waals surface area contributed by atoms with Crippen LogP contribution in [0.5, 0.6) is 0 Å². The van der Waals surface area contributed by atoms with Gasteiger partial charge in [-0.2, -0.15) is 5.26 Å². The first-order valence-corrected chi connectivity index (χ1v) is 2.20. The first-order chi connectivity index (χ1) is 2.81. The molecule has 0 saturated carbocycles. The van der Waals surface area contributed by atoms with Crippen LogP contribution in [0.2, 0.25) is 0 Å². The molecule has 0 spiro atoms. The molecule has 1 atom stereocenters. The molecule has 0 fully saturated rings. The van der Waals surface area contributed by atoms with Crippen molar-refractivity contribution < 1.29 is 0 Å². The van der Waals surface area contributed by atoms with Crippen LogP contribution in [0.15, 0.2) is 0 Å². The summed E-state index contributed by atoms with van der Waals surface area (Å²) < 4.78 is 0. The van der Waals surface area contributed by atoms with Gasteiger partial charge in [-0.25, -0.2) is 0 Å². The molecule has 0 amide bonds. The summed E-state index contributed by atoms with van der Waals surface area (Å²) >= 11 is 0. The second-order valence-corrected chi connectivity index (χ2v) is 1.44. The molecule has 1 radical (unpaired) electrons. The Morgan fingerprint density at radius 3 is 2.14 bits per heavy atom. The minimum Gasteiger partial charge on any atom is -0.198 e. The second kappa shape index (κ2) is 6.49. The van der Waals surface area contributed by atoms with Gasteiger partial charge in [0.2, 0.25) is 0 Å². The summed E-state index contributed by atoms with van der Waals surface area (Å²) in [6.45, 7) is 3.92. The first kappa shape index (κ1) is 10.5. The molecule has 0 N–H and O–H groups in total. The fraction of sp³-hybridized carbons (Fsp3) is 0.800. The van der Waals surface area contributed by atoms with E-state index in [4.69, 9.17) is 5.26 Å². The molecule has 0 aromatic rings. The van der Waals surface area contributed by atoms with Crippen molar-refractivity contribution in [1.82, 2.24) is 0 Å². The topological polar surface area (TPSA) is 23.8 Å². The third-order valence-electron chi connectivity index (χ3n) is 0.833. The standard InChI is InChI=1S/C5H9N.Na/c1-3-5(2)4-6;/h5H,3H2,1-2H3;. The number of hydrogen-bond acceptors (Lipinski definition) is 1. The van der Waals surface area contributed by atoms with Crippen LogP contribution < -0.4 is 0 Å². The van der Waals surface area contributed by atoms with Gasteiger partial charge in [0.05, 0.1) is 6.07 Å². The van der Waals surface area contributed by atoms with Crippen molar-refractivity contribution >= 4 is 29.6 Å². The van der Waals surface area contributed by atoms with Crippen molar-refractivity contribution in [3.63, 3.8) is 0 Å². The molecule has 0 aliphatic heterocycles. The Morgan fingerprint density at radius 2 is 2.14 bits per heavy atom. The Labute approximate surface area is 67.0 Å². The SMILES string of the molecule is CCC(C)C#N.[Na]. The van der Waals surface area contributed by atoms with Gasteiger partial charge in [-0.15, -0.1) is 0 Å². The zero-order valence-electron chi connectivity index (χ0n) is 5.23. The summed E-state index contributed by atoms with van der Waals surface area (Å²) in [5.74, 6) is 0.241. The zero-order valence-corrected chi connectivity index (χ0v) is 7.23. The van der Waals surface area contributed by atoms with E-state index < -0.39 is 0 Å². The van der Waals surface area contributed by atoms with Gasteiger partial charge in [0, 0.05) is 35.5 Å². The van der Waals surface area contributed by atoms with E-state index in [2.05, 4.69) is 6.07 Å². The van der Waals surface area contributed by atoms with Gasteiger partial charge >= 0.3 is 0 Å². The third kappa shape index (κ3) is 6.49. The molecular weight excluding hydrogens is 97.1 g/mol. The van der Waals surface area contributed by atoms with E-state index in [1.807, 2.05) is 13.8 Å². The summed E-state index contributed by atoms with van der Waals surface area (Å²) in [5.41, 5.74) is 0. The summed E-state index contributed by atoms with van der Waals surface area (Å²) in [6.07, 6.45) is 0.969. The molecule has 0 aromatic carbocycles. The summed E-state index contributed by atoms with van der Waals surface area (Å²) in [5, 5.41) is 8.08. The van der Waals surface area contributed by atoms with Crippen LogP contribution >= 0.6 is 0 Å². The number of rotatable bonds is 1. The Balaban J connectivity index is 0. The van der Waals surface area contributed by atoms with Crippen LogP contribution in [0.3, 0.4) is 0 Å². The molecule has 0 aliphatic rings. The predicted molar refractivity (Wildman–Crippen MR) is 30.8 cm³/mol. The van der Waals surface area contributed by atoms with Gasteiger partial charge in [0.1, 0.15) is 0 Å². The average Bonchev–Trinajstić information content (AvgIpc) is 1.65. The van der Waals surface area contributed by atoms with Crippen molar-refractivity contribution in [1.29, 1.82) is 5.26 Å². The molecule has 0 heterocycles. The Kier molecular flexibility index (Phi) is 9.70. The predicted octanol–water partition coefficient (Wildman–Crippen LogP) is 1.18. The van der Waals surface area contributed by atoms with Crippen molar-refractivity contribution in [3.05, 3.63) is 0 Å². The van der Waals surface area contributed by atoms with Crippen molar-refractivity contribution in [2.75, 3.05) is 0 Å². The average molecular weight is 106 g/mol. The van der Waals surface area contributed by atoms with E-state index in [0.29, 0.717) is 0 Å². The fourth-order valence-corrected chi connectivity index (χ4v) is 0.0913. The van der Waals surface area contributed by atoms with E-state index in [-0.39, 0.29) is 35.5 Å². The maximum Gasteiger partial charge on any atom is 0.0652 e. The quantitative estimate of drug-likeness (QED) is 0.460. The van der Waals surface area contributed by atoms with Crippen LogP contribution in [0.4, 0.5) is 0 Å². The van der Waals surface area contributed by atoms with Gasteiger partial charge in [-0.3, -0.25) is 0 Å². The van der Waals surface area contributed by atoms with Crippen molar-refractivity contribution in [2.45, 2.75) is 20.3 Å². The van der Waals surface area contributed by atoms with Crippen LogP contribution in [0.1, 0.15) is 20.3 Å². The maximum absolute atomic E-state index is 8.08. The molecule has 35 valence electrons. The number of hydrogen-bond donors (Lipinski definition) is 0. The second-order valence-electron chi connectivity index (χ2n) is 1.44. The van der Waals surface area contributed by atoms with Crippen molar-refractivity contribution in [2.24, 2.45) is 5.92 Å². The van der Waals surface area contributed by atoms with E-state index in [1.54, 1.807) is 0 Å². The van der Waals surface area contributed by atoms with Crippen LogP contribution in [-0.4, -0.2) is 29.6 Å². The van der Waals surface area contributed by atoms with Crippen molar-refractivity contribution in [3.8, 4) is 6.07 Å². The molecular formula is C5H9NNa. The van der Waals surface area contributed by atoms with Gasteiger partial charge in [0.15, 0.2) is 0 Å². The molecule has 0 aliphatic carbocycles. The Bertz CT molecular complexity index is 65.0. The summed E-state index contributed by atoms with van der Waals surface area (Å²) in [4.78, 5) is 0. The molecule has 1 unspecified atom stereocenters. The maximum atomic E-state index is 8.08. The minimum atomic E-state index is 0. The number of nitrogens with zero attached hydrogens (tertiary/aromatic N) is 1.